The minimum absolute atomic E-state index is 0.00520. The van der Waals surface area contributed by atoms with Gasteiger partial charge in [0.2, 0.25) is 0 Å². The molecule has 1 N–H and O–H groups in total. The Labute approximate surface area is 157 Å². The van der Waals surface area contributed by atoms with Crippen LogP contribution in [0.4, 0.5) is 0 Å². The number of aryl methyl sites for hydroxylation is 1. The van der Waals surface area contributed by atoms with Crippen LogP contribution in [0.1, 0.15) is 35.6 Å². The van der Waals surface area contributed by atoms with E-state index in [1.165, 1.54) is 30.4 Å². The molecule has 1 atom stereocenters. The fourth-order valence-corrected chi connectivity index (χ4v) is 3.47. The molecule has 0 spiro atoms. The van der Waals surface area contributed by atoms with Gasteiger partial charge in [-0.25, -0.2) is 0 Å². The Bertz CT molecular complexity index is 861. The highest BCUT2D eigenvalue weighted by molar-refractivity contribution is 6.32. The number of methoxy groups -OCH3 is 1. The van der Waals surface area contributed by atoms with Gasteiger partial charge in [0.05, 0.1) is 29.8 Å². The lowest BCUT2D eigenvalue weighted by atomic mass is 9.88. The van der Waals surface area contributed by atoms with Gasteiger partial charge in [0.1, 0.15) is 0 Å². The molecule has 0 aliphatic heterocycles. The lowest BCUT2D eigenvalue weighted by Crippen LogP contribution is -2.34. The topological polar surface area (TPSA) is 71.3 Å². The normalized spacial score (nSPS) is 15.5. The molecule has 1 aliphatic rings. The molecular formula is C20H19ClN2O3. The third-order valence-electron chi connectivity index (χ3n) is 4.41. The van der Waals surface area contributed by atoms with Crippen LogP contribution in [0.15, 0.2) is 36.4 Å². The van der Waals surface area contributed by atoms with Gasteiger partial charge >= 0.3 is 0 Å². The molecule has 0 unspecified atom stereocenters. The molecular weight excluding hydrogens is 352 g/mol. The number of nitrogens with zero attached hydrogens (tertiary/aromatic N) is 1. The summed E-state index contributed by atoms with van der Waals surface area (Å²) in [4.78, 5) is 12.4. The molecule has 1 amide bonds. The van der Waals surface area contributed by atoms with Gasteiger partial charge in [-0.2, -0.15) is 5.26 Å². The summed E-state index contributed by atoms with van der Waals surface area (Å²) in [7, 11) is 1.46. The standard InChI is InChI=1S/C20H19ClN2O3/c1-25-18-10-13(11-22)9-16(21)20(18)26-12-19(24)23-17-8-4-6-14-5-2-3-7-15(14)17/h2-3,5,7,9-10,17H,4,6,8,12H2,1H3,(H,23,24)/t17-/m1/s1. The van der Waals surface area contributed by atoms with Crippen molar-refractivity contribution in [2.24, 2.45) is 0 Å². The Hall–Kier alpha value is -2.71. The van der Waals surface area contributed by atoms with Crippen LogP contribution in [0.25, 0.3) is 0 Å². The van der Waals surface area contributed by atoms with Crippen LogP contribution >= 0.6 is 11.6 Å². The van der Waals surface area contributed by atoms with E-state index in [-0.39, 0.29) is 29.3 Å². The summed E-state index contributed by atoms with van der Waals surface area (Å²) >= 11 is 6.15. The molecule has 5 nitrogen and oxygen atoms in total. The monoisotopic (exact) mass is 370 g/mol. The summed E-state index contributed by atoms with van der Waals surface area (Å²) in [5, 5.41) is 12.2. The van der Waals surface area contributed by atoms with Crippen molar-refractivity contribution in [3.8, 4) is 17.6 Å². The summed E-state index contributed by atoms with van der Waals surface area (Å²) < 4.78 is 10.8. The number of halogens is 1. The number of ether oxygens (including phenoxy) is 2. The number of amides is 1. The predicted octanol–water partition coefficient (Wildman–Crippen LogP) is 3.79. The maximum atomic E-state index is 12.4. The van der Waals surface area contributed by atoms with Gasteiger partial charge in [-0.3, -0.25) is 4.79 Å². The van der Waals surface area contributed by atoms with E-state index in [1.54, 1.807) is 0 Å². The largest absolute Gasteiger partial charge is 0.493 e. The molecule has 0 bridgehead atoms. The number of benzene rings is 2. The summed E-state index contributed by atoms with van der Waals surface area (Å²) in [5.74, 6) is 0.353. The van der Waals surface area contributed by atoms with Crippen molar-refractivity contribution in [1.29, 1.82) is 5.26 Å². The number of nitriles is 1. The van der Waals surface area contributed by atoms with Crippen molar-refractivity contribution in [2.75, 3.05) is 13.7 Å². The van der Waals surface area contributed by atoms with Crippen LogP contribution < -0.4 is 14.8 Å². The molecule has 26 heavy (non-hydrogen) atoms. The van der Waals surface area contributed by atoms with Gasteiger partial charge in [-0.05, 0) is 36.5 Å². The maximum Gasteiger partial charge on any atom is 0.258 e. The minimum atomic E-state index is -0.228. The molecule has 0 saturated carbocycles. The second-order valence-corrected chi connectivity index (χ2v) is 6.51. The van der Waals surface area contributed by atoms with Gasteiger partial charge in [-0.15, -0.1) is 0 Å². The van der Waals surface area contributed by atoms with Crippen LogP contribution in [-0.4, -0.2) is 19.6 Å². The predicted molar refractivity (Wildman–Crippen MR) is 98.5 cm³/mol. The zero-order valence-electron chi connectivity index (χ0n) is 14.4. The first-order chi connectivity index (χ1) is 12.6. The Morgan fingerprint density at radius 2 is 2.19 bits per heavy atom. The van der Waals surface area contributed by atoms with E-state index in [0.717, 1.165) is 19.3 Å². The second-order valence-electron chi connectivity index (χ2n) is 6.10. The van der Waals surface area contributed by atoms with E-state index >= 15 is 0 Å². The first kappa shape index (κ1) is 18.1. The maximum absolute atomic E-state index is 12.4. The van der Waals surface area contributed by atoms with Crippen molar-refractivity contribution in [3.05, 3.63) is 58.1 Å². The number of hydrogen-bond acceptors (Lipinski definition) is 4. The van der Waals surface area contributed by atoms with Crippen molar-refractivity contribution in [1.82, 2.24) is 5.32 Å². The third-order valence-corrected chi connectivity index (χ3v) is 4.69. The number of carbonyl (C=O) groups is 1. The Morgan fingerprint density at radius 3 is 2.96 bits per heavy atom. The number of carbonyl (C=O) groups excluding carboxylic acids is 1. The molecule has 0 heterocycles. The van der Waals surface area contributed by atoms with E-state index in [0.29, 0.717) is 11.3 Å². The Kier molecular flexibility index (Phi) is 5.65. The van der Waals surface area contributed by atoms with Crippen molar-refractivity contribution < 1.29 is 14.3 Å². The minimum Gasteiger partial charge on any atom is -0.493 e. The molecule has 0 fully saturated rings. The number of rotatable bonds is 5. The summed E-state index contributed by atoms with van der Waals surface area (Å²) in [5.41, 5.74) is 2.81. The van der Waals surface area contributed by atoms with E-state index in [9.17, 15) is 4.79 Å². The molecule has 0 aromatic heterocycles. The number of fused-ring (bicyclic) bond motifs is 1. The lowest BCUT2D eigenvalue weighted by molar-refractivity contribution is -0.124. The average Bonchev–Trinajstić information content (AvgIpc) is 2.66. The van der Waals surface area contributed by atoms with Crippen LogP contribution in [-0.2, 0) is 11.2 Å². The average molecular weight is 371 g/mol. The van der Waals surface area contributed by atoms with Gasteiger partial charge in [0.15, 0.2) is 18.1 Å². The van der Waals surface area contributed by atoms with Crippen LogP contribution in [0.5, 0.6) is 11.5 Å². The van der Waals surface area contributed by atoms with E-state index in [1.807, 2.05) is 18.2 Å². The summed E-state index contributed by atoms with van der Waals surface area (Å²) in [6.07, 6.45) is 2.98. The third kappa shape index (κ3) is 3.92. The van der Waals surface area contributed by atoms with Gasteiger partial charge in [0.25, 0.3) is 5.91 Å². The highest BCUT2D eigenvalue weighted by Gasteiger charge is 2.22. The van der Waals surface area contributed by atoms with Crippen LogP contribution in [0, 0.1) is 11.3 Å². The van der Waals surface area contributed by atoms with Gasteiger partial charge in [0, 0.05) is 6.07 Å². The Balaban J connectivity index is 1.67. The van der Waals surface area contributed by atoms with Crippen molar-refractivity contribution >= 4 is 17.5 Å². The zero-order valence-corrected chi connectivity index (χ0v) is 15.2. The highest BCUT2D eigenvalue weighted by atomic mass is 35.5. The zero-order chi connectivity index (χ0) is 18.5. The molecule has 0 saturated heterocycles. The number of hydrogen-bond donors (Lipinski definition) is 1. The van der Waals surface area contributed by atoms with Gasteiger partial charge < -0.3 is 14.8 Å². The summed E-state index contributed by atoms with van der Waals surface area (Å²) in [6, 6.07) is 13.2. The van der Waals surface area contributed by atoms with Crippen LogP contribution in [0.3, 0.4) is 0 Å². The molecule has 2 aromatic rings. The number of nitrogens with one attached hydrogen (secondary N) is 1. The molecule has 2 aromatic carbocycles. The molecule has 1 aliphatic carbocycles. The molecule has 3 rings (SSSR count). The van der Waals surface area contributed by atoms with Crippen LogP contribution in [0.2, 0.25) is 5.02 Å². The first-order valence-corrected chi connectivity index (χ1v) is 8.77. The SMILES string of the molecule is COc1cc(C#N)cc(Cl)c1OCC(=O)N[C@@H]1CCCc2ccccc21. The Morgan fingerprint density at radius 1 is 1.38 bits per heavy atom. The molecule has 0 radical (unpaired) electrons. The van der Waals surface area contributed by atoms with E-state index in [2.05, 4.69) is 17.4 Å². The lowest BCUT2D eigenvalue weighted by Gasteiger charge is -2.26. The van der Waals surface area contributed by atoms with E-state index < -0.39 is 0 Å². The first-order valence-electron chi connectivity index (χ1n) is 8.40. The smallest absolute Gasteiger partial charge is 0.258 e. The quantitative estimate of drug-likeness (QED) is 0.869. The second kappa shape index (κ2) is 8.11. The van der Waals surface area contributed by atoms with Crippen molar-refractivity contribution in [2.45, 2.75) is 25.3 Å². The fraction of sp³-hybridized carbons (Fsp3) is 0.300. The fourth-order valence-electron chi connectivity index (χ4n) is 3.20. The molecule has 134 valence electrons. The van der Waals surface area contributed by atoms with Crippen molar-refractivity contribution in [3.63, 3.8) is 0 Å². The van der Waals surface area contributed by atoms with Gasteiger partial charge in [-0.1, -0.05) is 35.9 Å². The molecule has 6 heteroatoms. The van der Waals surface area contributed by atoms with E-state index in [4.69, 9.17) is 26.3 Å². The highest BCUT2D eigenvalue weighted by Crippen LogP contribution is 2.36. The summed E-state index contributed by atoms with van der Waals surface area (Å²) in [6.45, 7) is -0.180.